The average Bonchev–Trinajstić information content (AvgIpc) is 2.27. The summed E-state index contributed by atoms with van der Waals surface area (Å²) < 4.78 is 39.0. The summed E-state index contributed by atoms with van der Waals surface area (Å²) in [4.78, 5) is 10.5. The molecule has 7 heteroatoms. The average molecular weight is 288 g/mol. The maximum absolute atomic E-state index is 12.7. The highest BCUT2D eigenvalue weighted by Gasteiger charge is 2.22. The van der Waals surface area contributed by atoms with Gasteiger partial charge in [0.2, 0.25) is 10.0 Å². The van der Waals surface area contributed by atoms with Gasteiger partial charge in [0, 0.05) is 18.4 Å². The maximum Gasteiger partial charge on any atom is 0.240 e. The van der Waals surface area contributed by atoms with E-state index in [1.165, 1.54) is 0 Å². The summed E-state index contributed by atoms with van der Waals surface area (Å²) >= 11 is 0. The van der Waals surface area contributed by atoms with Crippen LogP contribution in [0.4, 0.5) is 4.39 Å². The first-order valence-electron chi connectivity index (χ1n) is 5.70. The van der Waals surface area contributed by atoms with Crippen LogP contribution in [-0.2, 0) is 14.8 Å². The van der Waals surface area contributed by atoms with Crippen molar-refractivity contribution in [2.75, 3.05) is 0 Å². The standard InChI is InChI=1S/C12H16FNO4S/c1-8(2)11(7-12(15)16)14-19(17,18)10-5-3-9(13)4-6-10/h3-6,8,11,14H,7H2,1-2H3,(H,15,16)/p-1. The van der Waals surface area contributed by atoms with Crippen LogP contribution in [0.15, 0.2) is 29.2 Å². The van der Waals surface area contributed by atoms with Crippen molar-refractivity contribution in [1.29, 1.82) is 0 Å². The molecule has 0 aliphatic heterocycles. The molecule has 0 amide bonds. The maximum atomic E-state index is 12.7. The SMILES string of the molecule is CC(C)C(CC(=O)[O-])NS(=O)(=O)c1ccc(F)cc1. The Bertz CT molecular complexity index is 539. The van der Waals surface area contributed by atoms with Gasteiger partial charge in [0.1, 0.15) is 5.82 Å². The smallest absolute Gasteiger partial charge is 0.240 e. The Morgan fingerprint density at radius 2 is 1.84 bits per heavy atom. The summed E-state index contributed by atoms with van der Waals surface area (Å²) in [7, 11) is -3.87. The Hall–Kier alpha value is -1.47. The lowest BCUT2D eigenvalue weighted by molar-refractivity contribution is -0.306. The van der Waals surface area contributed by atoms with Crippen LogP contribution in [0.5, 0.6) is 0 Å². The van der Waals surface area contributed by atoms with Crippen molar-refractivity contribution < 1.29 is 22.7 Å². The van der Waals surface area contributed by atoms with Gasteiger partial charge in [-0.15, -0.1) is 0 Å². The fourth-order valence-electron chi connectivity index (χ4n) is 1.47. The summed E-state index contributed by atoms with van der Waals surface area (Å²) in [6.07, 6.45) is -0.419. The molecule has 0 saturated heterocycles. The summed E-state index contributed by atoms with van der Waals surface area (Å²) in [5, 5.41) is 10.6. The van der Waals surface area contributed by atoms with Crippen LogP contribution in [0.25, 0.3) is 0 Å². The highest BCUT2D eigenvalue weighted by atomic mass is 32.2. The van der Waals surface area contributed by atoms with Crippen molar-refractivity contribution in [2.24, 2.45) is 5.92 Å². The molecule has 1 atom stereocenters. The predicted molar refractivity (Wildman–Crippen MR) is 65.0 cm³/mol. The molecule has 106 valence electrons. The van der Waals surface area contributed by atoms with Gasteiger partial charge in [-0.25, -0.2) is 17.5 Å². The van der Waals surface area contributed by atoms with Gasteiger partial charge < -0.3 is 9.90 Å². The lowest BCUT2D eigenvalue weighted by atomic mass is 10.0. The minimum atomic E-state index is -3.87. The first-order valence-corrected chi connectivity index (χ1v) is 7.18. The van der Waals surface area contributed by atoms with Crippen LogP contribution >= 0.6 is 0 Å². The third kappa shape index (κ3) is 4.60. The van der Waals surface area contributed by atoms with Gasteiger partial charge in [-0.1, -0.05) is 13.8 Å². The number of carboxylic acid groups (broad SMARTS) is 1. The molecule has 5 nitrogen and oxygen atoms in total. The number of hydrogen-bond donors (Lipinski definition) is 1. The second-order valence-corrected chi connectivity index (χ2v) is 6.22. The number of aliphatic carboxylic acids is 1. The molecule has 0 saturated carbocycles. The summed E-state index contributed by atoms with van der Waals surface area (Å²) in [6.45, 7) is 3.39. The number of carbonyl (C=O) groups is 1. The van der Waals surface area contributed by atoms with E-state index in [9.17, 15) is 22.7 Å². The van der Waals surface area contributed by atoms with Crippen molar-refractivity contribution in [3.63, 3.8) is 0 Å². The highest BCUT2D eigenvalue weighted by molar-refractivity contribution is 7.89. The normalized spacial score (nSPS) is 13.5. The molecule has 0 aliphatic carbocycles. The van der Waals surface area contributed by atoms with E-state index in [1.54, 1.807) is 13.8 Å². The number of carboxylic acids is 1. The molecule has 0 heterocycles. The second-order valence-electron chi connectivity index (χ2n) is 4.50. The van der Waals surface area contributed by atoms with Crippen LogP contribution in [0.2, 0.25) is 0 Å². The van der Waals surface area contributed by atoms with Gasteiger partial charge in [0.05, 0.1) is 4.90 Å². The molecule has 1 N–H and O–H groups in total. The molecule has 19 heavy (non-hydrogen) atoms. The van der Waals surface area contributed by atoms with Crippen molar-refractivity contribution in [3.05, 3.63) is 30.1 Å². The zero-order valence-corrected chi connectivity index (χ0v) is 11.4. The van der Waals surface area contributed by atoms with E-state index in [2.05, 4.69) is 4.72 Å². The van der Waals surface area contributed by atoms with Crippen LogP contribution in [-0.4, -0.2) is 20.4 Å². The Morgan fingerprint density at radius 1 is 1.32 bits per heavy atom. The molecule has 0 fully saturated rings. The fourth-order valence-corrected chi connectivity index (χ4v) is 2.86. The van der Waals surface area contributed by atoms with Crippen molar-refractivity contribution in [3.8, 4) is 0 Å². The van der Waals surface area contributed by atoms with Gasteiger partial charge in [-0.3, -0.25) is 0 Å². The monoisotopic (exact) mass is 288 g/mol. The first kappa shape index (κ1) is 15.6. The Labute approximate surface area is 111 Å². The van der Waals surface area contributed by atoms with Gasteiger partial charge in [0.25, 0.3) is 0 Å². The van der Waals surface area contributed by atoms with Crippen LogP contribution < -0.4 is 9.83 Å². The number of rotatable bonds is 6. The van der Waals surface area contributed by atoms with E-state index in [0.717, 1.165) is 24.3 Å². The summed E-state index contributed by atoms with van der Waals surface area (Å²) in [6, 6.07) is 3.51. The predicted octanol–water partition coefficient (Wildman–Crippen LogP) is 0.269. The van der Waals surface area contributed by atoms with Gasteiger partial charge in [-0.2, -0.15) is 0 Å². The van der Waals surface area contributed by atoms with Gasteiger partial charge in [0.15, 0.2) is 0 Å². The fraction of sp³-hybridized carbons (Fsp3) is 0.417. The van der Waals surface area contributed by atoms with Crippen molar-refractivity contribution in [1.82, 2.24) is 4.72 Å². The topological polar surface area (TPSA) is 86.3 Å². The quantitative estimate of drug-likeness (QED) is 0.814. The van der Waals surface area contributed by atoms with E-state index in [1.807, 2.05) is 0 Å². The largest absolute Gasteiger partial charge is 0.550 e. The number of carbonyl (C=O) groups excluding carboxylic acids is 1. The van der Waals surface area contributed by atoms with E-state index in [0.29, 0.717) is 0 Å². The van der Waals surface area contributed by atoms with Crippen molar-refractivity contribution >= 4 is 16.0 Å². The van der Waals surface area contributed by atoms with Crippen molar-refractivity contribution in [2.45, 2.75) is 31.2 Å². The van der Waals surface area contributed by atoms with Crippen LogP contribution in [0.1, 0.15) is 20.3 Å². The summed E-state index contributed by atoms with van der Waals surface area (Å²) in [5.74, 6) is -2.09. The van der Waals surface area contributed by atoms with E-state index >= 15 is 0 Å². The molecule has 0 bridgehead atoms. The number of hydrogen-bond acceptors (Lipinski definition) is 4. The Morgan fingerprint density at radius 3 is 2.26 bits per heavy atom. The zero-order valence-electron chi connectivity index (χ0n) is 10.6. The number of benzene rings is 1. The molecule has 0 aliphatic rings. The van der Waals surface area contributed by atoms with E-state index in [4.69, 9.17) is 0 Å². The van der Waals surface area contributed by atoms with E-state index < -0.39 is 34.3 Å². The van der Waals surface area contributed by atoms with Gasteiger partial charge in [-0.05, 0) is 30.2 Å². The van der Waals surface area contributed by atoms with Crippen LogP contribution in [0.3, 0.4) is 0 Å². The zero-order chi connectivity index (χ0) is 14.6. The van der Waals surface area contributed by atoms with E-state index in [-0.39, 0.29) is 10.8 Å². The Kier molecular flexibility index (Phi) is 5.02. The molecule has 0 radical (unpaired) electrons. The summed E-state index contributed by atoms with van der Waals surface area (Å²) in [5.41, 5.74) is 0. The third-order valence-corrected chi connectivity index (χ3v) is 4.13. The minimum absolute atomic E-state index is 0.113. The molecular weight excluding hydrogens is 273 g/mol. The van der Waals surface area contributed by atoms with Gasteiger partial charge >= 0.3 is 0 Å². The highest BCUT2D eigenvalue weighted by Crippen LogP contribution is 2.14. The molecular formula is C12H15FNO4S-. The molecule has 0 aromatic heterocycles. The third-order valence-electron chi connectivity index (χ3n) is 2.62. The lowest BCUT2D eigenvalue weighted by Gasteiger charge is -2.22. The molecule has 1 rings (SSSR count). The first-order chi connectivity index (χ1) is 8.72. The molecule has 1 aromatic carbocycles. The molecule has 1 aromatic rings. The number of sulfonamides is 1. The lowest BCUT2D eigenvalue weighted by Crippen LogP contribution is -2.42. The minimum Gasteiger partial charge on any atom is -0.550 e. The number of nitrogens with one attached hydrogen (secondary N) is 1. The number of halogens is 1. The second kappa shape index (κ2) is 6.12. The molecule has 0 spiro atoms. The van der Waals surface area contributed by atoms with Crippen LogP contribution in [0, 0.1) is 11.7 Å². The molecule has 1 unspecified atom stereocenters. The Balaban J connectivity index is 2.93.